The Morgan fingerprint density at radius 2 is 1.82 bits per heavy atom. The highest BCUT2D eigenvalue weighted by Crippen LogP contribution is 2.20. The Morgan fingerprint density at radius 3 is 2.48 bits per heavy atom. The van der Waals surface area contributed by atoms with Gasteiger partial charge in [-0.2, -0.15) is 0 Å². The molecule has 0 spiro atoms. The minimum atomic E-state index is -0.422. The normalized spacial score (nSPS) is 15.6. The second-order valence-corrected chi connectivity index (χ2v) is 9.30. The predicted octanol–water partition coefficient (Wildman–Crippen LogP) is 2.98. The molecular weight excluding hydrogens is 418 g/mol. The Morgan fingerprint density at radius 1 is 1.09 bits per heavy atom. The van der Waals surface area contributed by atoms with E-state index >= 15 is 0 Å². The van der Waals surface area contributed by atoms with Gasteiger partial charge in [0, 0.05) is 26.2 Å². The molecule has 33 heavy (non-hydrogen) atoms. The number of hydrogen-bond donors (Lipinski definition) is 1. The van der Waals surface area contributed by atoms with Gasteiger partial charge in [0.1, 0.15) is 5.82 Å². The third kappa shape index (κ3) is 5.45. The van der Waals surface area contributed by atoms with E-state index in [0.717, 1.165) is 50.3 Å². The third-order valence-electron chi connectivity index (χ3n) is 6.38. The van der Waals surface area contributed by atoms with Crippen molar-refractivity contribution in [2.75, 3.05) is 19.7 Å². The number of ether oxygens (including phenoxy) is 1. The van der Waals surface area contributed by atoms with E-state index in [1.54, 1.807) is 4.57 Å². The van der Waals surface area contributed by atoms with Crippen LogP contribution in [0.15, 0.2) is 39.9 Å². The summed E-state index contributed by atoms with van der Waals surface area (Å²) in [4.78, 5) is 35.5. The molecule has 1 aliphatic rings. The Kier molecular flexibility index (Phi) is 7.45. The number of likely N-dealkylation sites (tertiary alicyclic amines) is 1. The van der Waals surface area contributed by atoms with Gasteiger partial charge in [-0.25, -0.2) is 9.78 Å². The van der Waals surface area contributed by atoms with Crippen molar-refractivity contribution in [2.45, 2.75) is 65.8 Å². The number of hydrogen-bond acceptors (Lipinski definition) is 5. The number of aromatic nitrogens is 4. The highest BCUT2D eigenvalue weighted by Gasteiger charge is 2.24. The van der Waals surface area contributed by atoms with Crippen molar-refractivity contribution in [3.05, 3.63) is 62.6 Å². The molecule has 3 aromatic rings. The molecule has 1 aromatic carbocycles. The Labute approximate surface area is 194 Å². The smallest absolute Gasteiger partial charge is 0.330 e. The van der Waals surface area contributed by atoms with Gasteiger partial charge in [0.2, 0.25) is 0 Å². The fourth-order valence-corrected chi connectivity index (χ4v) is 4.55. The maximum Gasteiger partial charge on any atom is 0.330 e. The first-order valence-electron chi connectivity index (χ1n) is 12.1. The molecule has 0 radical (unpaired) electrons. The van der Waals surface area contributed by atoms with E-state index in [4.69, 9.17) is 9.72 Å². The van der Waals surface area contributed by atoms with Crippen molar-refractivity contribution in [3.63, 3.8) is 0 Å². The maximum absolute atomic E-state index is 12.9. The van der Waals surface area contributed by atoms with Gasteiger partial charge in [0.05, 0.1) is 19.2 Å². The number of aromatic amines is 1. The first kappa shape index (κ1) is 23.4. The van der Waals surface area contributed by atoms with Crippen LogP contribution in [-0.4, -0.2) is 49.8 Å². The average molecular weight is 454 g/mol. The number of benzene rings is 1. The predicted molar refractivity (Wildman–Crippen MR) is 130 cm³/mol. The quantitative estimate of drug-likeness (QED) is 0.538. The van der Waals surface area contributed by atoms with Gasteiger partial charge in [0.15, 0.2) is 11.2 Å². The van der Waals surface area contributed by atoms with E-state index in [-0.39, 0.29) is 5.56 Å². The zero-order valence-electron chi connectivity index (χ0n) is 19.9. The van der Waals surface area contributed by atoms with E-state index in [9.17, 15) is 9.59 Å². The Balaban J connectivity index is 1.71. The Bertz CT molecular complexity index is 1170. The van der Waals surface area contributed by atoms with E-state index in [0.29, 0.717) is 42.8 Å². The van der Waals surface area contributed by atoms with Crippen LogP contribution >= 0.6 is 0 Å². The monoisotopic (exact) mass is 453 g/mol. The van der Waals surface area contributed by atoms with Gasteiger partial charge >= 0.3 is 5.69 Å². The number of rotatable bonds is 9. The van der Waals surface area contributed by atoms with Crippen LogP contribution in [0.2, 0.25) is 0 Å². The second kappa shape index (κ2) is 10.5. The second-order valence-electron chi connectivity index (χ2n) is 9.30. The van der Waals surface area contributed by atoms with Crippen LogP contribution in [-0.2, 0) is 24.4 Å². The summed E-state index contributed by atoms with van der Waals surface area (Å²) in [7, 11) is 0. The SMILES string of the molecule is CCOC1CCN(Cc2nc3c(c(=O)[nH]c(=O)n3Cc3ccccc3)n2CCC(C)C)CC1. The van der Waals surface area contributed by atoms with Crippen molar-refractivity contribution in [3.8, 4) is 0 Å². The molecule has 0 aliphatic carbocycles. The molecule has 0 bridgehead atoms. The molecule has 0 amide bonds. The molecule has 8 heteroatoms. The lowest BCUT2D eigenvalue weighted by molar-refractivity contribution is 0.0118. The van der Waals surface area contributed by atoms with Crippen LogP contribution < -0.4 is 11.2 Å². The van der Waals surface area contributed by atoms with Crippen LogP contribution in [0, 0.1) is 5.92 Å². The molecule has 0 unspecified atom stereocenters. The first-order valence-corrected chi connectivity index (χ1v) is 12.1. The minimum absolute atomic E-state index is 0.324. The minimum Gasteiger partial charge on any atom is -0.378 e. The summed E-state index contributed by atoms with van der Waals surface area (Å²) in [5.74, 6) is 1.34. The van der Waals surface area contributed by atoms with E-state index in [1.165, 1.54) is 0 Å². The van der Waals surface area contributed by atoms with Crippen LogP contribution in [0.5, 0.6) is 0 Å². The molecule has 1 aliphatic heterocycles. The summed E-state index contributed by atoms with van der Waals surface area (Å²) in [6.45, 7) is 10.7. The number of aryl methyl sites for hydroxylation is 1. The van der Waals surface area contributed by atoms with E-state index in [1.807, 2.05) is 41.8 Å². The van der Waals surface area contributed by atoms with Gasteiger partial charge in [-0.05, 0) is 37.7 Å². The maximum atomic E-state index is 12.9. The fraction of sp³-hybridized carbons (Fsp3) is 0.560. The van der Waals surface area contributed by atoms with Crippen LogP contribution in [0.25, 0.3) is 11.2 Å². The lowest BCUT2D eigenvalue weighted by Gasteiger charge is -2.31. The van der Waals surface area contributed by atoms with Crippen LogP contribution in [0.1, 0.15) is 51.4 Å². The standard InChI is InChI=1S/C25H35N5O3/c1-4-33-20-11-13-28(14-12-20)17-21-26-23-22(29(21)15-10-18(2)3)24(31)27-25(32)30(23)16-19-8-6-5-7-9-19/h5-9,18,20H,4,10-17H2,1-3H3,(H,27,31,32). The molecule has 8 nitrogen and oxygen atoms in total. The van der Waals surface area contributed by atoms with Gasteiger partial charge in [-0.1, -0.05) is 44.2 Å². The summed E-state index contributed by atoms with van der Waals surface area (Å²) >= 11 is 0. The van der Waals surface area contributed by atoms with Crippen LogP contribution in [0.4, 0.5) is 0 Å². The molecule has 3 heterocycles. The molecular formula is C25H35N5O3. The third-order valence-corrected chi connectivity index (χ3v) is 6.38. The number of piperidine rings is 1. The Hall–Kier alpha value is -2.71. The molecule has 1 fully saturated rings. The molecule has 178 valence electrons. The fourth-order valence-electron chi connectivity index (χ4n) is 4.55. The van der Waals surface area contributed by atoms with Crippen molar-refractivity contribution in [1.29, 1.82) is 0 Å². The van der Waals surface area contributed by atoms with Crippen molar-refractivity contribution >= 4 is 11.2 Å². The summed E-state index contributed by atoms with van der Waals surface area (Å²) in [5.41, 5.74) is 1.16. The highest BCUT2D eigenvalue weighted by atomic mass is 16.5. The van der Waals surface area contributed by atoms with Crippen molar-refractivity contribution < 1.29 is 4.74 Å². The summed E-state index contributed by atoms with van der Waals surface area (Å²) in [6, 6.07) is 9.79. The topological polar surface area (TPSA) is 85.2 Å². The summed E-state index contributed by atoms with van der Waals surface area (Å²) in [5, 5.41) is 0. The van der Waals surface area contributed by atoms with Crippen LogP contribution in [0.3, 0.4) is 0 Å². The first-order chi connectivity index (χ1) is 16.0. The number of fused-ring (bicyclic) bond motifs is 1. The zero-order valence-corrected chi connectivity index (χ0v) is 19.9. The van der Waals surface area contributed by atoms with E-state index < -0.39 is 5.69 Å². The molecule has 0 saturated carbocycles. The highest BCUT2D eigenvalue weighted by molar-refractivity contribution is 5.71. The zero-order chi connectivity index (χ0) is 23.4. The van der Waals surface area contributed by atoms with Crippen molar-refractivity contribution in [2.24, 2.45) is 5.92 Å². The largest absolute Gasteiger partial charge is 0.378 e. The van der Waals surface area contributed by atoms with Crippen molar-refractivity contribution in [1.82, 2.24) is 24.0 Å². The number of H-pyrrole nitrogens is 1. The number of nitrogens with one attached hydrogen (secondary N) is 1. The van der Waals surface area contributed by atoms with E-state index in [2.05, 4.69) is 23.7 Å². The lowest BCUT2D eigenvalue weighted by atomic mass is 10.1. The molecule has 1 N–H and O–H groups in total. The number of nitrogens with zero attached hydrogens (tertiary/aromatic N) is 4. The van der Waals surface area contributed by atoms with Gasteiger partial charge < -0.3 is 9.30 Å². The van der Waals surface area contributed by atoms with Gasteiger partial charge in [0.25, 0.3) is 5.56 Å². The summed E-state index contributed by atoms with van der Waals surface area (Å²) in [6.07, 6.45) is 3.26. The molecule has 1 saturated heterocycles. The molecule has 2 aromatic heterocycles. The average Bonchev–Trinajstić information content (AvgIpc) is 3.16. The lowest BCUT2D eigenvalue weighted by Crippen LogP contribution is -2.37. The number of imidazole rings is 1. The summed E-state index contributed by atoms with van der Waals surface area (Å²) < 4.78 is 9.41. The van der Waals surface area contributed by atoms with Gasteiger partial charge in [-0.15, -0.1) is 0 Å². The molecule has 4 rings (SSSR count). The van der Waals surface area contributed by atoms with Gasteiger partial charge in [-0.3, -0.25) is 19.2 Å². The molecule has 0 atom stereocenters.